The Bertz CT molecular complexity index is 620. The Hall–Kier alpha value is -2.49. The second-order valence-electron chi connectivity index (χ2n) is 6.62. The molecule has 0 aliphatic heterocycles. The number of aryl methyl sites for hydroxylation is 1. The topological polar surface area (TPSA) is 124 Å². The lowest BCUT2D eigenvalue weighted by molar-refractivity contribution is -0.156. The molecule has 1 fully saturated rings. The molecule has 1 unspecified atom stereocenters. The van der Waals surface area contributed by atoms with Crippen molar-refractivity contribution in [2.75, 3.05) is 31.0 Å². The summed E-state index contributed by atoms with van der Waals surface area (Å²) >= 11 is 0. The molecule has 2 rings (SSSR count). The summed E-state index contributed by atoms with van der Waals surface area (Å²) in [5.41, 5.74) is 5.34. The molecule has 0 aromatic carbocycles. The van der Waals surface area contributed by atoms with Crippen LogP contribution < -0.4 is 15.8 Å². The fraction of sp³-hybridized carbons (Fsp3) is 0.688. The summed E-state index contributed by atoms with van der Waals surface area (Å²) < 4.78 is 0. The van der Waals surface area contributed by atoms with Crippen molar-refractivity contribution in [2.45, 2.75) is 39.0 Å². The molecule has 1 aliphatic rings. The minimum atomic E-state index is -0.499. The number of rotatable bonds is 9. The van der Waals surface area contributed by atoms with Gasteiger partial charge in [-0.3, -0.25) is 25.6 Å². The van der Waals surface area contributed by atoms with Gasteiger partial charge in [0.2, 0.25) is 24.2 Å². The third kappa shape index (κ3) is 5.25. The van der Waals surface area contributed by atoms with Crippen molar-refractivity contribution < 1.29 is 14.8 Å². The molecule has 0 bridgehead atoms. The number of nitrogens with zero attached hydrogens (tertiary/aromatic N) is 5. The van der Waals surface area contributed by atoms with Crippen LogP contribution in [-0.4, -0.2) is 58.2 Å². The van der Waals surface area contributed by atoms with Gasteiger partial charge in [-0.2, -0.15) is 15.0 Å². The van der Waals surface area contributed by atoms with Crippen LogP contribution in [0.2, 0.25) is 0 Å². The number of carbonyl (C=O) groups excluding carboxylic acids is 2. The molecule has 10 heteroatoms. The number of anilines is 2. The van der Waals surface area contributed by atoms with Gasteiger partial charge in [-0.25, -0.2) is 5.06 Å². The smallest absolute Gasteiger partial charge is 0.246 e. The second kappa shape index (κ2) is 9.27. The molecular weight excluding hydrogens is 338 g/mol. The van der Waals surface area contributed by atoms with Crippen molar-refractivity contribution in [3.8, 4) is 0 Å². The van der Waals surface area contributed by atoms with E-state index < -0.39 is 5.92 Å². The van der Waals surface area contributed by atoms with Gasteiger partial charge in [-0.05, 0) is 18.8 Å². The van der Waals surface area contributed by atoms with Gasteiger partial charge < -0.3 is 4.90 Å². The average molecular weight is 365 g/mol. The molecule has 144 valence electrons. The summed E-state index contributed by atoms with van der Waals surface area (Å²) in [4.78, 5) is 37.9. The second-order valence-corrected chi connectivity index (χ2v) is 6.62. The summed E-state index contributed by atoms with van der Waals surface area (Å²) in [7, 11) is 3.64. The van der Waals surface area contributed by atoms with Crippen LogP contribution in [0.4, 0.5) is 11.9 Å². The van der Waals surface area contributed by atoms with Crippen LogP contribution in [0.25, 0.3) is 0 Å². The van der Waals surface area contributed by atoms with Gasteiger partial charge in [0, 0.05) is 20.5 Å². The Kier molecular flexibility index (Phi) is 7.07. The Balaban J connectivity index is 2.06. The minimum absolute atomic E-state index is 0.0396. The van der Waals surface area contributed by atoms with E-state index in [9.17, 15) is 14.8 Å². The molecule has 10 nitrogen and oxygen atoms in total. The number of hydrazine groups is 1. The number of carbonyl (C=O) groups is 2. The van der Waals surface area contributed by atoms with E-state index in [-0.39, 0.29) is 24.3 Å². The minimum Gasteiger partial charge on any atom is -0.347 e. The first-order chi connectivity index (χ1) is 12.4. The van der Waals surface area contributed by atoms with E-state index in [0.717, 1.165) is 25.7 Å². The number of hydrogen-bond donors (Lipinski definition) is 3. The highest BCUT2D eigenvalue weighted by molar-refractivity contribution is 5.80. The molecule has 1 aromatic rings. The van der Waals surface area contributed by atoms with Crippen LogP contribution in [0.5, 0.6) is 0 Å². The van der Waals surface area contributed by atoms with E-state index in [4.69, 9.17) is 0 Å². The molecule has 1 saturated carbocycles. The molecule has 0 radical (unpaired) electrons. The maximum atomic E-state index is 12.6. The van der Waals surface area contributed by atoms with Crippen LogP contribution in [0, 0.1) is 11.8 Å². The Labute approximate surface area is 152 Å². The molecule has 2 amide bonds. The lowest BCUT2D eigenvalue weighted by Gasteiger charge is -2.24. The maximum absolute atomic E-state index is 12.6. The van der Waals surface area contributed by atoms with Crippen LogP contribution in [0.15, 0.2) is 0 Å². The molecule has 1 heterocycles. The molecule has 0 saturated heterocycles. The number of aromatic nitrogens is 3. The normalized spacial score (nSPS) is 15.4. The Morgan fingerprint density at radius 3 is 2.58 bits per heavy atom. The zero-order valence-electron chi connectivity index (χ0n) is 15.5. The van der Waals surface area contributed by atoms with Crippen LogP contribution in [0.1, 0.15) is 38.4 Å². The molecule has 0 spiro atoms. The van der Waals surface area contributed by atoms with Crippen LogP contribution in [0.3, 0.4) is 0 Å². The van der Waals surface area contributed by atoms with Crippen LogP contribution >= 0.6 is 0 Å². The van der Waals surface area contributed by atoms with Gasteiger partial charge >= 0.3 is 0 Å². The molecule has 26 heavy (non-hydrogen) atoms. The molecule has 1 aliphatic carbocycles. The van der Waals surface area contributed by atoms with E-state index in [1.165, 1.54) is 0 Å². The van der Waals surface area contributed by atoms with E-state index >= 15 is 0 Å². The van der Waals surface area contributed by atoms with E-state index in [1.54, 1.807) is 4.90 Å². The molecule has 3 N–H and O–H groups in total. The first-order valence-corrected chi connectivity index (χ1v) is 8.83. The fourth-order valence-corrected chi connectivity index (χ4v) is 3.08. The SMILES string of the molecule is CCc1nc(NNC(=O)C(CN(O)C=O)C2CCCC2)nc(N(C)C)n1. The third-order valence-electron chi connectivity index (χ3n) is 4.49. The van der Waals surface area contributed by atoms with Gasteiger partial charge in [-0.15, -0.1) is 0 Å². The number of hydroxylamine groups is 2. The van der Waals surface area contributed by atoms with E-state index in [1.807, 2.05) is 21.0 Å². The highest BCUT2D eigenvalue weighted by Gasteiger charge is 2.32. The fourth-order valence-electron chi connectivity index (χ4n) is 3.08. The van der Waals surface area contributed by atoms with Crippen LogP contribution in [-0.2, 0) is 16.0 Å². The molecule has 1 aromatic heterocycles. The Morgan fingerprint density at radius 2 is 2.00 bits per heavy atom. The summed E-state index contributed by atoms with van der Waals surface area (Å²) in [5.74, 6) is 0.672. The largest absolute Gasteiger partial charge is 0.347 e. The molecule has 1 atom stereocenters. The highest BCUT2D eigenvalue weighted by atomic mass is 16.5. The zero-order valence-corrected chi connectivity index (χ0v) is 15.5. The lowest BCUT2D eigenvalue weighted by Crippen LogP contribution is -2.43. The van der Waals surface area contributed by atoms with E-state index in [2.05, 4.69) is 25.8 Å². The van der Waals surface area contributed by atoms with Crippen molar-refractivity contribution in [3.05, 3.63) is 5.82 Å². The summed E-state index contributed by atoms with van der Waals surface area (Å²) in [6, 6.07) is 0. The number of hydrogen-bond acceptors (Lipinski definition) is 8. The Morgan fingerprint density at radius 1 is 1.31 bits per heavy atom. The van der Waals surface area contributed by atoms with Gasteiger partial charge in [0.15, 0.2) is 0 Å². The van der Waals surface area contributed by atoms with Gasteiger partial charge in [0.25, 0.3) is 0 Å². The van der Waals surface area contributed by atoms with Crippen molar-refractivity contribution in [3.63, 3.8) is 0 Å². The van der Waals surface area contributed by atoms with Crippen molar-refractivity contribution in [2.24, 2.45) is 11.8 Å². The van der Waals surface area contributed by atoms with Crippen molar-refractivity contribution in [1.29, 1.82) is 0 Å². The van der Waals surface area contributed by atoms with Crippen molar-refractivity contribution >= 4 is 24.2 Å². The average Bonchev–Trinajstić information content (AvgIpc) is 3.17. The molecular formula is C16H27N7O3. The van der Waals surface area contributed by atoms with Gasteiger partial charge in [-0.1, -0.05) is 19.8 Å². The highest BCUT2D eigenvalue weighted by Crippen LogP contribution is 2.31. The maximum Gasteiger partial charge on any atom is 0.246 e. The summed E-state index contributed by atoms with van der Waals surface area (Å²) in [6.07, 6.45) is 4.85. The zero-order chi connectivity index (χ0) is 19.1. The monoisotopic (exact) mass is 365 g/mol. The predicted molar refractivity (Wildman–Crippen MR) is 95.3 cm³/mol. The summed E-state index contributed by atoms with van der Waals surface area (Å²) in [6.45, 7) is 1.89. The third-order valence-corrected chi connectivity index (χ3v) is 4.49. The van der Waals surface area contributed by atoms with Gasteiger partial charge in [0.1, 0.15) is 5.82 Å². The number of nitrogens with one attached hydrogen (secondary N) is 2. The quantitative estimate of drug-likeness (QED) is 0.330. The first kappa shape index (κ1) is 19.8. The number of amides is 2. The van der Waals surface area contributed by atoms with Crippen molar-refractivity contribution in [1.82, 2.24) is 25.4 Å². The lowest BCUT2D eigenvalue weighted by atomic mass is 9.90. The van der Waals surface area contributed by atoms with E-state index in [0.29, 0.717) is 29.7 Å². The standard InChI is InChI=1S/C16H27N7O3/c1-4-13-17-15(19-16(18-13)22(2)3)21-20-14(25)12(9-23(26)10-24)11-7-5-6-8-11/h10-12,26H,4-9H2,1-3H3,(H,20,25)(H,17,18,19,21). The summed E-state index contributed by atoms with van der Waals surface area (Å²) in [5, 5.41) is 10.0. The first-order valence-electron chi connectivity index (χ1n) is 8.83. The van der Waals surface area contributed by atoms with Gasteiger partial charge in [0.05, 0.1) is 12.5 Å². The predicted octanol–water partition coefficient (Wildman–Crippen LogP) is 0.597.